The molecule has 1 aromatic rings. The second-order valence-corrected chi connectivity index (χ2v) is 3.37. The van der Waals surface area contributed by atoms with Gasteiger partial charge < -0.3 is 4.74 Å². The van der Waals surface area contributed by atoms with Gasteiger partial charge in [0.25, 0.3) is 0 Å². The van der Waals surface area contributed by atoms with Gasteiger partial charge in [-0.2, -0.15) is 0 Å². The van der Waals surface area contributed by atoms with Gasteiger partial charge in [-0.15, -0.1) is 0 Å². The number of ether oxygens (including phenoxy) is 1. The summed E-state index contributed by atoms with van der Waals surface area (Å²) in [5.74, 6) is 0.874. The van der Waals surface area contributed by atoms with Crippen molar-refractivity contribution in [1.29, 1.82) is 0 Å². The normalized spacial score (nSPS) is 14.5. The van der Waals surface area contributed by atoms with Crippen LogP contribution in [-0.4, -0.2) is 19.2 Å². The van der Waals surface area contributed by atoms with E-state index in [-0.39, 0.29) is 0 Å². The maximum atomic E-state index is 5.11. The summed E-state index contributed by atoms with van der Waals surface area (Å²) in [4.78, 5) is 0. The first-order valence-corrected chi connectivity index (χ1v) is 4.82. The van der Waals surface area contributed by atoms with Crippen molar-refractivity contribution in [2.24, 2.45) is 0 Å². The molecule has 15 heavy (non-hydrogen) atoms. The van der Waals surface area contributed by atoms with Crippen molar-refractivity contribution in [3.05, 3.63) is 48.2 Å². The van der Waals surface area contributed by atoms with Gasteiger partial charge in [-0.1, -0.05) is 0 Å². The largest absolute Gasteiger partial charge is 0.497 e. The summed E-state index contributed by atoms with van der Waals surface area (Å²) < 4.78 is 5.11. The van der Waals surface area contributed by atoms with Crippen molar-refractivity contribution >= 4 is 5.70 Å². The van der Waals surface area contributed by atoms with Gasteiger partial charge in [0, 0.05) is 13.2 Å². The Kier molecular flexibility index (Phi) is 2.63. The number of rotatable bonds is 2. The van der Waals surface area contributed by atoms with Crippen molar-refractivity contribution in [1.82, 2.24) is 10.4 Å². The highest BCUT2D eigenvalue weighted by Gasteiger charge is 2.04. The van der Waals surface area contributed by atoms with E-state index >= 15 is 0 Å². The fourth-order valence-corrected chi connectivity index (χ4v) is 1.46. The van der Waals surface area contributed by atoms with E-state index in [2.05, 4.69) is 5.43 Å². The lowest BCUT2D eigenvalue weighted by Crippen LogP contribution is -2.29. The molecule has 0 radical (unpaired) electrons. The van der Waals surface area contributed by atoms with Crippen LogP contribution in [0.1, 0.15) is 5.56 Å². The molecule has 1 aromatic carbocycles. The summed E-state index contributed by atoms with van der Waals surface area (Å²) in [5, 5.41) is 1.92. The van der Waals surface area contributed by atoms with Crippen molar-refractivity contribution < 1.29 is 4.74 Å². The Morgan fingerprint density at radius 1 is 1.20 bits per heavy atom. The molecule has 3 nitrogen and oxygen atoms in total. The summed E-state index contributed by atoms with van der Waals surface area (Å²) in [7, 11) is 3.64. The molecule has 78 valence electrons. The smallest absolute Gasteiger partial charge is 0.118 e. The molecule has 0 fully saturated rings. The number of nitrogens with zero attached hydrogens (tertiary/aromatic N) is 1. The molecule has 0 atom stereocenters. The van der Waals surface area contributed by atoms with E-state index in [0.29, 0.717) is 0 Å². The lowest BCUT2D eigenvalue weighted by molar-refractivity contribution is 0.393. The lowest BCUT2D eigenvalue weighted by atomic mass is 10.1. The molecule has 0 aliphatic carbocycles. The minimum absolute atomic E-state index is 0.874. The number of hydrogen-bond acceptors (Lipinski definition) is 3. The number of allylic oxidation sites excluding steroid dienone is 2. The minimum atomic E-state index is 0.874. The predicted molar refractivity (Wildman–Crippen MR) is 61.0 cm³/mol. The van der Waals surface area contributed by atoms with Crippen LogP contribution in [0.4, 0.5) is 0 Å². The fourth-order valence-electron chi connectivity index (χ4n) is 1.46. The molecule has 2 rings (SSSR count). The molecule has 0 bridgehead atoms. The molecular formula is C12H14N2O. The van der Waals surface area contributed by atoms with Crippen LogP contribution in [0, 0.1) is 0 Å². The van der Waals surface area contributed by atoms with Crippen LogP contribution in [0.5, 0.6) is 5.75 Å². The van der Waals surface area contributed by atoms with Gasteiger partial charge in [0.2, 0.25) is 0 Å². The molecule has 0 saturated heterocycles. The Balaban J connectivity index is 2.22. The number of hydrazine groups is 1. The summed E-state index contributed by atoms with van der Waals surface area (Å²) in [6, 6.07) is 7.97. The van der Waals surface area contributed by atoms with E-state index in [9.17, 15) is 0 Å². The molecule has 0 unspecified atom stereocenters. The van der Waals surface area contributed by atoms with Crippen molar-refractivity contribution in [3.8, 4) is 5.75 Å². The number of hydrogen-bond donors (Lipinski definition) is 1. The zero-order chi connectivity index (χ0) is 10.7. The monoisotopic (exact) mass is 202 g/mol. The zero-order valence-electron chi connectivity index (χ0n) is 8.90. The average Bonchev–Trinajstić information content (AvgIpc) is 2.29. The maximum absolute atomic E-state index is 5.11. The van der Waals surface area contributed by atoms with Gasteiger partial charge >= 0.3 is 0 Å². The Morgan fingerprint density at radius 2 is 1.93 bits per heavy atom. The van der Waals surface area contributed by atoms with Crippen molar-refractivity contribution in [2.75, 3.05) is 14.2 Å². The van der Waals surface area contributed by atoms with Crippen molar-refractivity contribution in [3.63, 3.8) is 0 Å². The van der Waals surface area contributed by atoms with Crippen LogP contribution in [0.15, 0.2) is 42.6 Å². The molecule has 0 amide bonds. The fraction of sp³-hybridized carbons (Fsp3) is 0.167. The van der Waals surface area contributed by atoms with Crippen LogP contribution >= 0.6 is 0 Å². The average molecular weight is 202 g/mol. The predicted octanol–water partition coefficient (Wildman–Crippen LogP) is 2.00. The van der Waals surface area contributed by atoms with Crippen LogP contribution in [-0.2, 0) is 0 Å². The molecule has 1 aliphatic rings. The maximum Gasteiger partial charge on any atom is 0.118 e. The second-order valence-electron chi connectivity index (χ2n) is 3.37. The van der Waals surface area contributed by atoms with Gasteiger partial charge in [0.05, 0.1) is 12.8 Å². The van der Waals surface area contributed by atoms with E-state index in [1.165, 1.54) is 0 Å². The van der Waals surface area contributed by atoms with E-state index in [1.54, 1.807) is 7.11 Å². The molecule has 1 aliphatic heterocycles. The Labute approximate surface area is 89.6 Å². The van der Waals surface area contributed by atoms with E-state index < -0.39 is 0 Å². The third-order valence-electron chi connectivity index (χ3n) is 2.27. The third kappa shape index (κ3) is 2.13. The van der Waals surface area contributed by atoms with Crippen LogP contribution in [0.3, 0.4) is 0 Å². The molecule has 3 heteroatoms. The molecule has 0 spiro atoms. The number of benzene rings is 1. The Hall–Kier alpha value is -1.90. The Morgan fingerprint density at radius 3 is 2.53 bits per heavy atom. The highest BCUT2D eigenvalue weighted by atomic mass is 16.5. The first kappa shape index (κ1) is 9.65. The minimum Gasteiger partial charge on any atom is -0.497 e. The quantitative estimate of drug-likeness (QED) is 0.793. The Bertz CT molecular complexity index is 393. The van der Waals surface area contributed by atoms with Gasteiger partial charge in [0.15, 0.2) is 0 Å². The zero-order valence-corrected chi connectivity index (χ0v) is 8.90. The summed E-state index contributed by atoms with van der Waals surface area (Å²) in [6.45, 7) is 0. The summed E-state index contributed by atoms with van der Waals surface area (Å²) >= 11 is 0. The van der Waals surface area contributed by atoms with Crippen LogP contribution < -0.4 is 10.2 Å². The van der Waals surface area contributed by atoms with Gasteiger partial charge in [-0.05, 0) is 42.0 Å². The van der Waals surface area contributed by atoms with E-state index in [0.717, 1.165) is 17.0 Å². The van der Waals surface area contributed by atoms with Gasteiger partial charge in [0.1, 0.15) is 5.75 Å². The van der Waals surface area contributed by atoms with Gasteiger partial charge in [-0.25, -0.2) is 0 Å². The molecule has 1 heterocycles. The standard InChI is InChI=1S/C12H14N2O/c1-14-9-3-4-12(13-14)10-5-7-11(15-2)8-6-10/h3-9,13H,1-2H3. The number of methoxy groups -OCH3 is 1. The van der Waals surface area contributed by atoms with Crippen LogP contribution in [0.25, 0.3) is 5.70 Å². The second kappa shape index (κ2) is 4.09. The SMILES string of the molecule is COc1ccc(C2=CC=CN(C)N2)cc1. The molecule has 0 saturated carbocycles. The third-order valence-corrected chi connectivity index (χ3v) is 2.27. The summed E-state index contributed by atoms with van der Waals surface area (Å²) in [5.41, 5.74) is 5.47. The molecular weight excluding hydrogens is 188 g/mol. The topological polar surface area (TPSA) is 24.5 Å². The highest BCUT2D eigenvalue weighted by molar-refractivity contribution is 5.66. The van der Waals surface area contributed by atoms with Crippen molar-refractivity contribution in [2.45, 2.75) is 0 Å². The summed E-state index contributed by atoms with van der Waals surface area (Å²) in [6.07, 6.45) is 6.02. The van der Waals surface area contributed by atoms with Gasteiger partial charge in [-0.3, -0.25) is 10.4 Å². The lowest BCUT2D eigenvalue weighted by Gasteiger charge is -2.22. The highest BCUT2D eigenvalue weighted by Crippen LogP contribution is 2.18. The van der Waals surface area contributed by atoms with E-state index in [4.69, 9.17) is 4.74 Å². The first-order chi connectivity index (χ1) is 7.29. The first-order valence-electron chi connectivity index (χ1n) is 4.82. The van der Waals surface area contributed by atoms with E-state index in [1.807, 2.05) is 54.7 Å². The molecule has 0 aromatic heterocycles. The number of nitrogens with one attached hydrogen (secondary N) is 1. The molecule has 1 N–H and O–H groups in total. The van der Waals surface area contributed by atoms with Crippen LogP contribution in [0.2, 0.25) is 0 Å².